The zero-order valence-corrected chi connectivity index (χ0v) is 9.55. The largest absolute Gasteiger partial charge is 0.497 e. The molecule has 0 aliphatic carbocycles. The van der Waals surface area contributed by atoms with Crippen molar-refractivity contribution in [3.8, 4) is 5.75 Å². The molecule has 0 radical (unpaired) electrons. The molecular formula is C13H19NO. The number of aryl methyl sites for hydroxylation is 1. The van der Waals surface area contributed by atoms with E-state index in [1.54, 1.807) is 7.11 Å². The lowest BCUT2D eigenvalue weighted by atomic mass is 9.89. The van der Waals surface area contributed by atoms with Crippen molar-refractivity contribution in [1.29, 1.82) is 0 Å². The van der Waals surface area contributed by atoms with E-state index in [0.29, 0.717) is 5.92 Å². The van der Waals surface area contributed by atoms with Gasteiger partial charge in [-0.15, -0.1) is 0 Å². The summed E-state index contributed by atoms with van der Waals surface area (Å²) in [5, 5.41) is 3.40. The molecule has 82 valence electrons. The number of hydrogen-bond acceptors (Lipinski definition) is 2. The van der Waals surface area contributed by atoms with Gasteiger partial charge in [-0.05, 0) is 62.0 Å². The highest BCUT2D eigenvalue weighted by atomic mass is 16.5. The molecule has 1 N–H and O–H groups in total. The number of methoxy groups -OCH3 is 1. The van der Waals surface area contributed by atoms with Crippen molar-refractivity contribution in [2.24, 2.45) is 0 Å². The molecule has 1 aliphatic rings. The maximum atomic E-state index is 5.31. The van der Waals surface area contributed by atoms with Crippen LogP contribution in [0.1, 0.15) is 29.9 Å². The Morgan fingerprint density at radius 2 is 1.93 bits per heavy atom. The SMILES string of the molecule is COc1cc(C)cc(C2CCNCC2)c1. The number of piperidine rings is 1. The maximum Gasteiger partial charge on any atom is 0.119 e. The van der Waals surface area contributed by atoms with E-state index in [1.165, 1.54) is 24.0 Å². The minimum absolute atomic E-state index is 0.708. The molecule has 0 unspecified atom stereocenters. The lowest BCUT2D eigenvalue weighted by Gasteiger charge is -2.23. The summed E-state index contributed by atoms with van der Waals surface area (Å²) in [6.07, 6.45) is 2.49. The van der Waals surface area contributed by atoms with E-state index in [1.807, 2.05) is 0 Å². The molecule has 2 heteroatoms. The summed E-state index contributed by atoms with van der Waals surface area (Å²) < 4.78 is 5.31. The summed E-state index contributed by atoms with van der Waals surface area (Å²) in [6.45, 7) is 4.41. The second-order valence-electron chi connectivity index (χ2n) is 4.31. The summed E-state index contributed by atoms with van der Waals surface area (Å²) in [5.74, 6) is 1.70. The maximum absolute atomic E-state index is 5.31. The number of rotatable bonds is 2. The van der Waals surface area contributed by atoms with Crippen LogP contribution in [-0.2, 0) is 0 Å². The first-order chi connectivity index (χ1) is 7.29. The Bertz CT molecular complexity index is 329. The zero-order valence-electron chi connectivity index (χ0n) is 9.55. The number of ether oxygens (including phenoxy) is 1. The van der Waals surface area contributed by atoms with Gasteiger partial charge < -0.3 is 10.1 Å². The summed E-state index contributed by atoms with van der Waals surface area (Å²) >= 11 is 0. The monoisotopic (exact) mass is 205 g/mol. The van der Waals surface area contributed by atoms with E-state index < -0.39 is 0 Å². The van der Waals surface area contributed by atoms with E-state index in [2.05, 4.69) is 30.4 Å². The van der Waals surface area contributed by atoms with Crippen molar-refractivity contribution in [3.05, 3.63) is 29.3 Å². The van der Waals surface area contributed by atoms with Gasteiger partial charge in [0.05, 0.1) is 7.11 Å². The molecule has 15 heavy (non-hydrogen) atoms. The molecule has 1 aliphatic heterocycles. The van der Waals surface area contributed by atoms with E-state index in [0.717, 1.165) is 18.8 Å². The van der Waals surface area contributed by atoms with Crippen LogP contribution in [0.25, 0.3) is 0 Å². The molecule has 2 nitrogen and oxygen atoms in total. The Morgan fingerprint density at radius 1 is 1.20 bits per heavy atom. The quantitative estimate of drug-likeness (QED) is 0.801. The topological polar surface area (TPSA) is 21.3 Å². The molecule has 1 heterocycles. The van der Waals surface area contributed by atoms with Gasteiger partial charge in [-0.3, -0.25) is 0 Å². The molecule has 1 saturated heterocycles. The highest BCUT2D eigenvalue weighted by Gasteiger charge is 2.15. The van der Waals surface area contributed by atoms with Crippen molar-refractivity contribution < 1.29 is 4.74 Å². The first-order valence-electron chi connectivity index (χ1n) is 5.66. The molecule has 0 atom stereocenters. The van der Waals surface area contributed by atoms with Crippen LogP contribution in [0.3, 0.4) is 0 Å². The molecule has 2 rings (SSSR count). The number of hydrogen-bond donors (Lipinski definition) is 1. The highest BCUT2D eigenvalue weighted by molar-refractivity contribution is 5.35. The number of nitrogens with one attached hydrogen (secondary N) is 1. The van der Waals surface area contributed by atoms with Gasteiger partial charge >= 0.3 is 0 Å². The fraction of sp³-hybridized carbons (Fsp3) is 0.538. The van der Waals surface area contributed by atoms with Gasteiger partial charge in [0.2, 0.25) is 0 Å². The average molecular weight is 205 g/mol. The van der Waals surface area contributed by atoms with Gasteiger partial charge in [-0.25, -0.2) is 0 Å². The van der Waals surface area contributed by atoms with Crippen LogP contribution in [0.15, 0.2) is 18.2 Å². The summed E-state index contributed by atoms with van der Waals surface area (Å²) in [4.78, 5) is 0. The second-order valence-corrected chi connectivity index (χ2v) is 4.31. The fourth-order valence-electron chi connectivity index (χ4n) is 2.29. The minimum Gasteiger partial charge on any atom is -0.497 e. The zero-order chi connectivity index (χ0) is 10.7. The van der Waals surface area contributed by atoms with Crippen LogP contribution in [0, 0.1) is 6.92 Å². The van der Waals surface area contributed by atoms with Gasteiger partial charge in [-0.1, -0.05) is 6.07 Å². The first kappa shape index (κ1) is 10.5. The molecule has 0 saturated carbocycles. The minimum atomic E-state index is 0.708. The lowest BCUT2D eigenvalue weighted by Crippen LogP contribution is -2.26. The van der Waals surface area contributed by atoms with Crippen LogP contribution < -0.4 is 10.1 Å². The standard InChI is InChI=1S/C13H19NO/c1-10-7-12(9-13(8-10)15-2)11-3-5-14-6-4-11/h7-9,11,14H,3-6H2,1-2H3. The van der Waals surface area contributed by atoms with Crippen LogP contribution in [0.2, 0.25) is 0 Å². The Balaban J connectivity index is 2.22. The van der Waals surface area contributed by atoms with Gasteiger partial charge in [0.15, 0.2) is 0 Å². The lowest BCUT2D eigenvalue weighted by molar-refractivity contribution is 0.411. The summed E-state index contributed by atoms with van der Waals surface area (Å²) in [6, 6.07) is 6.56. The molecule has 0 spiro atoms. The summed E-state index contributed by atoms with van der Waals surface area (Å²) in [5.41, 5.74) is 2.73. The average Bonchev–Trinajstić information content (AvgIpc) is 2.29. The molecule has 1 aromatic rings. The molecule has 1 aromatic carbocycles. The van der Waals surface area contributed by atoms with E-state index in [4.69, 9.17) is 4.74 Å². The third-order valence-corrected chi connectivity index (χ3v) is 3.12. The van der Waals surface area contributed by atoms with Crippen LogP contribution in [0.5, 0.6) is 5.75 Å². The van der Waals surface area contributed by atoms with E-state index >= 15 is 0 Å². The van der Waals surface area contributed by atoms with Gasteiger partial charge in [0.25, 0.3) is 0 Å². The van der Waals surface area contributed by atoms with Crippen molar-refractivity contribution in [2.75, 3.05) is 20.2 Å². The third-order valence-electron chi connectivity index (χ3n) is 3.12. The summed E-state index contributed by atoms with van der Waals surface area (Å²) in [7, 11) is 1.74. The molecule has 0 amide bonds. The van der Waals surface area contributed by atoms with Crippen LogP contribution >= 0.6 is 0 Å². The normalized spacial score (nSPS) is 17.7. The highest BCUT2D eigenvalue weighted by Crippen LogP contribution is 2.28. The predicted octanol–water partition coefficient (Wildman–Crippen LogP) is 2.47. The number of benzene rings is 1. The second kappa shape index (κ2) is 4.67. The molecule has 0 bridgehead atoms. The van der Waals surface area contributed by atoms with E-state index in [-0.39, 0.29) is 0 Å². The Morgan fingerprint density at radius 3 is 2.60 bits per heavy atom. The van der Waals surface area contributed by atoms with Crippen molar-refractivity contribution in [3.63, 3.8) is 0 Å². The van der Waals surface area contributed by atoms with Crippen LogP contribution in [-0.4, -0.2) is 20.2 Å². The van der Waals surface area contributed by atoms with Crippen molar-refractivity contribution in [2.45, 2.75) is 25.7 Å². The Labute approximate surface area is 91.6 Å². The van der Waals surface area contributed by atoms with Crippen molar-refractivity contribution >= 4 is 0 Å². The Hall–Kier alpha value is -1.02. The van der Waals surface area contributed by atoms with E-state index in [9.17, 15) is 0 Å². The fourth-order valence-corrected chi connectivity index (χ4v) is 2.29. The van der Waals surface area contributed by atoms with Gasteiger partial charge in [0, 0.05) is 0 Å². The van der Waals surface area contributed by atoms with Gasteiger partial charge in [0.1, 0.15) is 5.75 Å². The molecule has 1 fully saturated rings. The van der Waals surface area contributed by atoms with Crippen LogP contribution in [0.4, 0.5) is 0 Å². The Kier molecular flexibility index (Phi) is 3.27. The molecular weight excluding hydrogens is 186 g/mol. The van der Waals surface area contributed by atoms with Crippen molar-refractivity contribution in [1.82, 2.24) is 5.32 Å². The first-order valence-corrected chi connectivity index (χ1v) is 5.66. The smallest absolute Gasteiger partial charge is 0.119 e. The third kappa shape index (κ3) is 2.51. The molecule has 0 aromatic heterocycles. The predicted molar refractivity (Wildman–Crippen MR) is 62.6 cm³/mol. The van der Waals surface area contributed by atoms with Gasteiger partial charge in [-0.2, -0.15) is 0 Å².